The molecule has 1 unspecified atom stereocenters. The first-order valence-corrected chi connectivity index (χ1v) is 11.1. The zero-order valence-corrected chi connectivity index (χ0v) is 16.0. The molecular formula is C18H23FN4O3S. The van der Waals surface area contributed by atoms with E-state index in [1.54, 1.807) is 0 Å². The van der Waals surface area contributed by atoms with Gasteiger partial charge in [-0.1, -0.05) is 5.16 Å². The van der Waals surface area contributed by atoms with Gasteiger partial charge in [-0.15, -0.1) is 0 Å². The molecule has 1 aromatic carbocycles. The minimum Gasteiger partial charge on any atom is -0.368 e. The van der Waals surface area contributed by atoms with Crippen molar-refractivity contribution in [1.29, 1.82) is 0 Å². The summed E-state index contributed by atoms with van der Waals surface area (Å²) in [7, 11) is -3.42. The third-order valence-corrected chi connectivity index (χ3v) is 6.50. The van der Waals surface area contributed by atoms with Crippen LogP contribution in [0.15, 0.2) is 27.6 Å². The lowest BCUT2D eigenvalue weighted by atomic mass is 9.97. The Morgan fingerprint density at radius 2 is 2.00 bits per heavy atom. The Hall–Kier alpha value is -2.00. The Labute approximate surface area is 157 Å². The van der Waals surface area contributed by atoms with Crippen LogP contribution in [0.3, 0.4) is 0 Å². The van der Waals surface area contributed by atoms with Gasteiger partial charge in [0.25, 0.3) is 0 Å². The van der Waals surface area contributed by atoms with E-state index in [2.05, 4.69) is 15.5 Å². The average Bonchev–Trinajstić information content (AvgIpc) is 3.31. The topological polar surface area (TPSA) is 88.3 Å². The molecule has 9 heteroatoms. The summed E-state index contributed by atoms with van der Waals surface area (Å²) in [6, 6.07) is 4.06. The van der Waals surface area contributed by atoms with E-state index in [9.17, 15) is 12.8 Å². The maximum absolute atomic E-state index is 14.4. The van der Waals surface area contributed by atoms with Crippen molar-refractivity contribution in [2.75, 3.05) is 37.3 Å². The number of aromatic nitrogens is 2. The summed E-state index contributed by atoms with van der Waals surface area (Å²) in [6.45, 7) is 3.16. The molecule has 4 rings (SSSR count). The fraction of sp³-hybridized carbons (Fsp3) is 0.556. The Balaban J connectivity index is 1.47. The Bertz CT molecular complexity index is 924. The highest BCUT2D eigenvalue weighted by molar-refractivity contribution is 7.90. The van der Waals surface area contributed by atoms with Gasteiger partial charge in [0.05, 0.1) is 16.5 Å². The van der Waals surface area contributed by atoms with E-state index in [4.69, 9.17) is 4.52 Å². The molecule has 2 fully saturated rings. The zero-order chi connectivity index (χ0) is 19.0. The summed E-state index contributed by atoms with van der Waals surface area (Å²) in [5.74, 6) is 1.25. The molecule has 0 amide bonds. The van der Waals surface area contributed by atoms with Crippen LogP contribution >= 0.6 is 0 Å². The molecule has 3 heterocycles. The van der Waals surface area contributed by atoms with Gasteiger partial charge in [0.1, 0.15) is 5.82 Å². The van der Waals surface area contributed by atoms with Crippen LogP contribution in [-0.2, 0) is 9.84 Å². The van der Waals surface area contributed by atoms with E-state index in [1.165, 1.54) is 12.1 Å². The highest BCUT2D eigenvalue weighted by Crippen LogP contribution is 2.33. The summed E-state index contributed by atoms with van der Waals surface area (Å²) < 4.78 is 43.1. The molecule has 1 aromatic heterocycles. The van der Waals surface area contributed by atoms with Crippen molar-refractivity contribution in [2.24, 2.45) is 0 Å². The van der Waals surface area contributed by atoms with Crippen molar-refractivity contribution in [3.05, 3.63) is 35.7 Å². The van der Waals surface area contributed by atoms with Crippen LogP contribution in [0.25, 0.3) is 0 Å². The Kier molecular flexibility index (Phi) is 4.90. The van der Waals surface area contributed by atoms with Crippen LogP contribution in [0.2, 0.25) is 0 Å². The fourth-order valence-corrected chi connectivity index (χ4v) is 4.45. The largest absolute Gasteiger partial charge is 0.368 e. The Morgan fingerprint density at radius 1 is 1.22 bits per heavy atom. The van der Waals surface area contributed by atoms with Crippen LogP contribution in [0.4, 0.5) is 10.1 Å². The number of rotatable bonds is 4. The standard InChI is InChI=1S/C18H23FN4O3S/c1-27(24,25)14-2-3-16(15(19)10-14)23-9-6-13(11-23)18-21-17(22-26-18)12-4-7-20-8-5-12/h2-3,10,12-13,20H,4-9,11H2,1H3. The smallest absolute Gasteiger partial charge is 0.231 e. The molecule has 146 valence electrons. The lowest BCUT2D eigenvalue weighted by Crippen LogP contribution is -2.27. The van der Waals surface area contributed by atoms with Crippen molar-refractivity contribution < 1.29 is 17.3 Å². The number of halogens is 1. The molecule has 0 saturated carbocycles. The first-order chi connectivity index (χ1) is 12.9. The molecule has 0 radical (unpaired) electrons. The maximum Gasteiger partial charge on any atom is 0.231 e. The third-order valence-electron chi connectivity index (χ3n) is 5.39. The van der Waals surface area contributed by atoms with Gasteiger partial charge in [-0.3, -0.25) is 0 Å². The highest BCUT2D eigenvalue weighted by Gasteiger charge is 2.31. The number of benzene rings is 1. The lowest BCUT2D eigenvalue weighted by molar-refractivity contribution is 0.346. The molecule has 2 saturated heterocycles. The molecule has 0 bridgehead atoms. The molecule has 7 nitrogen and oxygen atoms in total. The van der Waals surface area contributed by atoms with Crippen LogP contribution in [0.5, 0.6) is 0 Å². The molecule has 2 aliphatic rings. The van der Waals surface area contributed by atoms with Gasteiger partial charge in [-0.2, -0.15) is 4.98 Å². The lowest BCUT2D eigenvalue weighted by Gasteiger charge is -2.19. The van der Waals surface area contributed by atoms with Crippen LogP contribution < -0.4 is 10.2 Å². The van der Waals surface area contributed by atoms with E-state index < -0.39 is 15.7 Å². The number of piperidine rings is 1. The van der Waals surface area contributed by atoms with E-state index in [0.29, 0.717) is 30.6 Å². The molecule has 2 aromatic rings. The van der Waals surface area contributed by atoms with Gasteiger partial charge in [-0.05, 0) is 50.6 Å². The van der Waals surface area contributed by atoms with Crippen molar-refractivity contribution in [3.8, 4) is 0 Å². The van der Waals surface area contributed by atoms with Crippen molar-refractivity contribution in [2.45, 2.75) is 36.0 Å². The van der Waals surface area contributed by atoms with Gasteiger partial charge in [0.15, 0.2) is 15.7 Å². The first-order valence-electron chi connectivity index (χ1n) is 9.20. The number of sulfone groups is 1. The van der Waals surface area contributed by atoms with Gasteiger partial charge < -0.3 is 14.7 Å². The van der Waals surface area contributed by atoms with E-state index >= 15 is 0 Å². The van der Waals surface area contributed by atoms with Crippen LogP contribution in [0, 0.1) is 5.82 Å². The predicted molar refractivity (Wildman–Crippen MR) is 98.2 cm³/mol. The SMILES string of the molecule is CS(=O)(=O)c1ccc(N2CCC(c3nc(C4CCNCC4)no3)C2)c(F)c1. The van der Waals surface area contributed by atoms with Crippen molar-refractivity contribution in [3.63, 3.8) is 0 Å². The highest BCUT2D eigenvalue weighted by atomic mass is 32.2. The normalized spacial score (nSPS) is 21.7. The van der Waals surface area contributed by atoms with E-state index in [1.807, 2.05) is 4.90 Å². The van der Waals surface area contributed by atoms with Crippen LogP contribution in [-0.4, -0.2) is 51.0 Å². The molecule has 0 aliphatic carbocycles. The molecule has 27 heavy (non-hydrogen) atoms. The summed E-state index contributed by atoms with van der Waals surface area (Å²) in [6.07, 6.45) is 3.88. The summed E-state index contributed by atoms with van der Waals surface area (Å²) in [5, 5.41) is 7.49. The predicted octanol–water partition coefficient (Wildman–Crippen LogP) is 2.07. The minimum atomic E-state index is -3.42. The monoisotopic (exact) mass is 394 g/mol. The second-order valence-electron chi connectivity index (χ2n) is 7.33. The van der Waals surface area contributed by atoms with Gasteiger partial charge >= 0.3 is 0 Å². The van der Waals surface area contributed by atoms with Crippen molar-refractivity contribution >= 4 is 15.5 Å². The molecule has 1 N–H and O–H groups in total. The Morgan fingerprint density at radius 3 is 2.70 bits per heavy atom. The molecular weight excluding hydrogens is 371 g/mol. The molecule has 0 spiro atoms. The summed E-state index contributed by atoms with van der Waals surface area (Å²) in [5.41, 5.74) is 0.406. The first kappa shape index (κ1) is 18.4. The van der Waals surface area contributed by atoms with E-state index in [-0.39, 0.29) is 10.8 Å². The summed E-state index contributed by atoms with van der Waals surface area (Å²) in [4.78, 5) is 6.50. The number of anilines is 1. The summed E-state index contributed by atoms with van der Waals surface area (Å²) >= 11 is 0. The van der Waals surface area contributed by atoms with Crippen LogP contribution in [0.1, 0.15) is 42.8 Å². The number of hydrogen-bond acceptors (Lipinski definition) is 7. The minimum absolute atomic E-state index is 0.0111. The average molecular weight is 394 g/mol. The second kappa shape index (κ2) is 7.20. The van der Waals surface area contributed by atoms with Gasteiger partial charge in [0.2, 0.25) is 5.89 Å². The third kappa shape index (κ3) is 3.84. The quantitative estimate of drug-likeness (QED) is 0.849. The number of nitrogens with zero attached hydrogens (tertiary/aromatic N) is 3. The molecule has 1 atom stereocenters. The maximum atomic E-state index is 14.4. The van der Waals surface area contributed by atoms with Gasteiger partial charge in [0, 0.05) is 25.3 Å². The fourth-order valence-electron chi connectivity index (χ4n) is 3.81. The molecule has 2 aliphatic heterocycles. The zero-order valence-electron chi connectivity index (χ0n) is 15.2. The number of nitrogens with one attached hydrogen (secondary N) is 1. The second-order valence-corrected chi connectivity index (χ2v) is 9.35. The van der Waals surface area contributed by atoms with Gasteiger partial charge in [-0.25, -0.2) is 12.8 Å². The number of hydrogen-bond donors (Lipinski definition) is 1. The van der Waals surface area contributed by atoms with E-state index in [0.717, 1.165) is 50.5 Å². The van der Waals surface area contributed by atoms with Crippen molar-refractivity contribution in [1.82, 2.24) is 15.5 Å².